The van der Waals surface area contributed by atoms with Crippen LogP contribution in [-0.2, 0) is 0 Å². The minimum Gasteiger partial charge on any atom is -0.321 e. The average molecular weight is 339 g/mol. The van der Waals surface area contributed by atoms with Crippen molar-refractivity contribution >= 4 is 39.1 Å². The number of carbonyl (C=O) groups is 1. The van der Waals surface area contributed by atoms with Gasteiger partial charge in [-0.3, -0.25) is 4.79 Å². The Morgan fingerprint density at radius 2 is 1.79 bits per heavy atom. The van der Waals surface area contributed by atoms with Gasteiger partial charge >= 0.3 is 0 Å². The van der Waals surface area contributed by atoms with Crippen LogP contribution in [0.4, 0.5) is 5.69 Å². The highest BCUT2D eigenvalue weighted by atomic mass is 79.9. The summed E-state index contributed by atoms with van der Waals surface area (Å²) >= 11 is 9.22. The Kier molecular flexibility index (Phi) is 4.27. The maximum Gasteiger partial charge on any atom is 0.256 e. The minimum atomic E-state index is -0.152. The Labute approximate surface area is 125 Å². The highest BCUT2D eigenvalue weighted by Gasteiger charge is 2.12. The van der Waals surface area contributed by atoms with E-state index in [0.717, 1.165) is 16.8 Å². The first kappa shape index (κ1) is 14.1. The highest BCUT2D eigenvalue weighted by molar-refractivity contribution is 9.10. The van der Waals surface area contributed by atoms with Crippen molar-refractivity contribution in [2.45, 2.75) is 13.8 Å². The van der Waals surface area contributed by atoms with Gasteiger partial charge in [0.15, 0.2) is 0 Å². The molecule has 19 heavy (non-hydrogen) atoms. The van der Waals surface area contributed by atoms with Crippen LogP contribution in [0, 0.1) is 13.8 Å². The van der Waals surface area contributed by atoms with Gasteiger partial charge in [0.05, 0.1) is 5.56 Å². The molecule has 2 nitrogen and oxygen atoms in total. The molecule has 0 heterocycles. The molecule has 0 aliphatic rings. The summed E-state index contributed by atoms with van der Waals surface area (Å²) in [6, 6.07) is 11.0. The summed E-state index contributed by atoms with van der Waals surface area (Å²) in [5, 5.41) is 3.54. The van der Waals surface area contributed by atoms with Gasteiger partial charge in [0.25, 0.3) is 5.91 Å². The number of halogens is 2. The zero-order valence-electron chi connectivity index (χ0n) is 10.6. The molecule has 2 aromatic carbocycles. The summed E-state index contributed by atoms with van der Waals surface area (Å²) in [5.74, 6) is -0.152. The van der Waals surface area contributed by atoms with Crippen molar-refractivity contribution in [2.75, 3.05) is 5.32 Å². The van der Waals surface area contributed by atoms with E-state index in [0.29, 0.717) is 15.1 Å². The SMILES string of the molecule is Cc1cccc(C)c1NC(=O)c1ccc(Cl)cc1Br. The first-order valence-corrected chi connectivity index (χ1v) is 6.99. The number of hydrogen-bond donors (Lipinski definition) is 1. The molecule has 4 heteroatoms. The second-order valence-corrected chi connectivity index (χ2v) is 5.64. The van der Waals surface area contributed by atoms with Crippen molar-refractivity contribution < 1.29 is 4.79 Å². The summed E-state index contributed by atoms with van der Waals surface area (Å²) in [6.45, 7) is 3.94. The number of amides is 1. The minimum absolute atomic E-state index is 0.152. The first-order valence-electron chi connectivity index (χ1n) is 5.81. The maximum atomic E-state index is 12.3. The zero-order valence-corrected chi connectivity index (χ0v) is 13.0. The third-order valence-corrected chi connectivity index (χ3v) is 3.79. The van der Waals surface area contributed by atoms with Gasteiger partial charge in [-0.25, -0.2) is 0 Å². The summed E-state index contributed by atoms with van der Waals surface area (Å²) in [5.41, 5.74) is 3.50. The number of benzene rings is 2. The van der Waals surface area contributed by atoms with Gasteiger partial charge in [0.2, 0.25) is 0 Å². The second kappa shape index (κ2) is 5.76. The number of carbonyl (C=O) groups excluding carboxylic acids is 1. The monoisotopic (exact) mass is 337 g/mol. The van der Waals surface area contributed by atoms with E-state index in [1.165, 1.54) is 0 Å². The second-order valence-electron chi connectivity index (χ2n) is 4.35. The summed E-state index contributed by atoms with van der Waals surface area (Å²) in [7, 11) is 0. The fourth-order valence-corrected chi connectivity index (χ4v) is 2.73. The molecule has 0 saturated carbocycles. The van der Waals surface area contributed by atoms with Gasteiger partial charge in [0, 0.05) is 15.2 Å². The molecule has 0 saturated heterocycles. The number of rotatable bonds is 2. The van der Waals surface area contributed by atoms with Crippen molar-refractivity contribution in [1.82, 2.24) is 0 Å². The van der Waals surface area contributed by atoms with E-state index in [4.69, 9.17) is 11.6 Å². The van der Waals surface area contributed by atoms with Crippen molar-refractivity contribution in [3.05, 3.63) is 62.6 Å². The fraction of sp³-hybridized carbons (Fsp3) is 0.133. The van der Waals surface area contributed by atoms with Crippen molar-refractivity contribution in [1.29, 1.82) is 0 Å². The topological polar surface area (TPSA) is 29.1 Å². The van der Waals surface area contributed by atoms with Crippen LogP contribution >= 0.6 is 27.5 Å². The predicted octanol–water partition coefficient (Wildman–Crippen LogP) is 4.97. The standard InChI is InChI=1S/C15H13BrClNO/c1-9-4-3-5-10(2)14(9)18-15(19)12-7-6-11(17)8-13(12)16/h3-8H,1-2H3,(H,18,19). The number of nitrogens with one attached hydrogen (secondary N) is 1. The average Bonchev–Trinajstić information content (AvgIpc) is 2.33. The third-order valence-electron chi connectivity index (χ3n) is 2.90. The van der Waals surface area contributed by atoms with Crippen LogP contribution in [-0.4, -0.2) is 5.91 Å². The molecule has 0 radical (unpaired) electrons. The molecule has 2 aromatic rings. The molecule has 0 spiro atoms. The zero-order chi connectivity index (χ0) is 14.0. The first-order chi connectivity index (χ1) is 8.99. The smallest absolute Gasteiger partial charge is 0.256 e. The van der Waals surface area contributed by atoms with Crippen LogP contribution < -0.4 is 5.32 Å². The molecule has 1 N–H and O–H groups in total. The molecule has 0 aliphatic carbocycles. The van der Waals surface area contributed by atoms with Crippen LogP contribution in [0.3, 0.4) is 0 Å². The van der Waals surface area contributed by atoms with Crippen molar-refractivity contribution in [3.8, 4) is 0 Å². The van der Waals surface area contributed by atoms with Gasteiger partial charge < -0.3 is 5.32 Å². The Morgan fingerprint density at radius 1 is 1.16 bits per heavy atom. The molecular formula is C15H13BrClNO. The summed E-state index contributed by atoms with van der Waals surface area (Å²) in [6.07, 6.45) is 0. The lowest BCUT2D eigenvalue weighted by Gasteiger charge is -2.12. The molecule has 0 fully saturated rings. The summed E-state index contributed by atoms with van der Waals surface area (Å²) < 4.78 is 0.684. The quantitative estimate of drug-likeness (QED) is 0.823. The highest BCUT2D eigenvalue weighted by Crippen LogP contribution is 2.24. The number of hydrogen-bond acceptors (Lipinski definition) is 1. The van der Waals surface area contributed by atoms with Crippen molar-refractivity contribution in [3.63, 3.8) is 0 Å². The molecule has 0 atom stereocenters. The van der Waals surface area contributed by atoms with Gasteiger partial charge in [-0.15, -0.1) is 0 Å². The van der Waals surface area contributed by atoms with Crippen LogP contribution in [0.25, 0.3) is 0 Å². The Hall–Kier alpha value is -1.32. The van der Waals surface area contributed by atoms with Crippen LogP contribution in [0.5, 0.6) is 0 Å². The fourth-order valence-electron chi connectivity index (χ4n) is 1.87. The molecule has 1 amide bonds. The molecule has 0 aromatic heterocycles. The van der Waals surface area contributed by atoms with E-state index in [1.54, 1.807) is 18.2 Å². The van der Waals surface area contributed by atoms with E-state index < -0.39 is 0 Å². The number of anilines is 1. The Morgan fingerprint density at radius 3 is 2.37 bits per heavy atom. The molecule has 0 aliphatic heterocycles. The largest absolute Gasteiger partial charge is 0.321 e. The van der Waals surface area contributed by atoms with Crippen LogP contribution in [0.15, 0.2) is 40.9 Å². The lowest BCUT2D eigenvalue weighted by molar-refractivity contribution is 0.102. The van der Waals surface area contributed by atoms with Gasteiger partial charge in [-0.2, -0.15) is 0 Å². The molecule has 98 valence electrons. The maximum absolute atomic E-state index is 12.3. The van der Waals surface area contributed by atoms with E-state index in [2.05, 4.69) is 21.2 Å². The molecule has 0 bridgehead atoms. The lowest BCUT2D eigenvalue weighted by atomic mass is 10.1. The number of aryl methyl sites for hydroxylation is 2. The van der Waals surface area contributed by atoms with E-state index >= 15 is 0 Å². The molecular weight excluding hydrogens is 326 g/mol. The Balaban J connectivity index is 2.31. The van der Waals surface area contributed by atoms with E-state index in [1.807, 2.05) is 32.0 Å². The van der Waals surface area contributed by atoms with E-state index in [9.17, 15) is 4.79 Å². The van der Waals surface area contributed by atoms with Crippen molar-refractivity contribution in [2.24, 2.45) is 0 Å². The van der Waals surface area contributed by atoms with Crippen LogP contribution in [0.2, 0.25) is 5.02 Å². The Bertz CT molecular complexity index is 620. The lowest BCUT2D eigenvalue weighted by Crippen LogP contribution is -2.14. The summed E-state index contributed by atoms with van der Waals surface area (Å²) in [4.78, 5) is 12.3. The number of para-hydroxylation sites is 1. The van der Waals surface area contributed by atoms with Crippen LogP contribution in [0.1, 0.15) is 21.5 Å². The van der Waals surface area contributed by atoms with Gasteiger partial charge in [-0.1, -0.05) is 29.8 Å². The van der Waals surface area contributed by atoms with Gasteiger partial charge in [-0.05, 0) is 59.1 Å². The predicted molar refractivity (Wildman–Crippen MR) is 83.0 cm³/mol. The molecule has 0 unspecified atom stereocenters. The van der Waals surface area contributed by atoms with Gasteiger partial charge in [0.1, 0.15) is 0 Å². The van der Waals surface area contributed by atoms with E-state index in [-0.39, 0.29) is 5.91 Å². The normalized spacial score (nSPS) is 10.3. The third kappa shape index (κ3) is 3.17. The molecule has 2 rings (SSSR count).